The number of likely N-dealkylation sites (tertiary alicyclic amines) is 1. The standard InChI is InChI=1S/C27H28N2O4/c1-26(2)11-17-12-27(3,14-26)15-29(17)13-19-21(30)9-8-16-10-18(25(31)33-23(16)19)24-28-20-6-4-5-7-22(20)32-24/h4-10,17,30H,11-15H2,1-3H3/p+1/t17-,27-/m0/s1. The largest absolute Gasteiger partial charge is 0.507 e. The third kappa shape index (κ3) is 3.44. The normalized spacial score (nSPS) is 26.3. The van der Waals surface area contributed by atoms with Crippen LogP contribution in [0.3, 0.4) is 0 Å². The molecule has 6 rings (SSSR count). The van der Waals surface area contributed by atoms with Crippen LogP contribution < -0.4 is 10.5 Å². The molecule has 1 aliphatic heterocycles. The van der Waals surface area contributed by atoms with Crippen molar-refractivity contribution in [3.05, 3.63) is 58.4 Å². The van der Waals surface area contributed by atoms with Crippen molar-refractivity contribution in [2.24, 2.45) is 10.8 Å². The van der Waals surface area contributed by atoms with Crippen LogP contribution in [0.1, 0.15) is 45.6 Å². The molecule has 2 aliphatic rings. The molecule has 1 aliphatic carbocycles. The van der Waals surface area contributed by atoms with Crippen molar-refractivity contribution in [3.63, 3.8) is 0 Å². The maximum absolute atomic E-state index is 13.0. The number of benzene rings is 2. The van der Waals surface area contributed by atoms with E-state index in [2.05, 4.69) is 25.8 Å². The number of oxazole rings is 1. The van der Waals surface area contributed by atoms with Gasteiger partial charge in [-0.25, -0.2) is 9.78 Å². The fraction of sp³-hybridized carbons (Fsp3) is 0.407. The molecule has 2 fully saturated rings. The smallest absolute Gasteiger partial charge is 0.349 e. The minimum atomic E-state index is -0.510. The summed E-state index contributed by atoms with van der Waals surface area (Å²) in [6, 6.07) is 13.2. The number of hydrogen-bond donors (Lipinski definition) is 2. The number of aromatic hydroxyl groups is 1. The van der Waals surface area contributed by atoms with Crippen LogP contribution in [-0.2, 0) is 6.54 Å². The first-order valence-electron chi connectivity index (χ1n) is 11.7. The van der Waals surface area contributed by atoms with E-state index in [1.165, 1.54) is 24.2 Å². The van der Waals surface area contributed by atoms with Crippen LogP contribution in [0.25, 0.3) is 33.5 Å². The van der Waals surface area contributed by atoms with Crippen molar-refractivity contribution in [2.45, 2.75) is 52.6 Å². The number of aromatic nitrogens is 1. The maximum atomic E-state index is 13.0. The van der Waals surface area contributed by atoms with Gasteiger partial charge in [-0.15, -0.1) is 0 Å². The van der Waals surface area contributed by atoms with Crippen molar-refractivity contribution in [1.29, 1.82) is 0 Å². The first-order valence-corrected chi connectivity index (χ1v) is 11.7. The number of phenolic OH excluding ortho intramolecular Hbond substituents is 1. The van der Waals surface area contributed by atoms with Gasteiger partial charge in [0.25, 0.3) is 0 Å². The first-order chi connectivity index (χ1) is 15.7. The summed E-state index contributed by atoms with van der Waals surface area (Å²) in [4.78, 5) is 18.9. The van der Waals surface area contributed by atoms with Crippen LogP contribution in [0, 0.1) is 10.8 Å². The second kappa shape index (κ2) is 6.94. The lowest BCUT2D eigenvalue weighted by atomic mass is 9.65. The van der Waals surface area contributed by atoms with Crippen LogP contribution in [0.2, 0.25) is 0 Å². The molecule has 4 aromatic rings. The quantitative estimate of drug-likeness (QED) is 0.460. The van der Waals surface area contributed by atoms with Crippen molar-refractivity contribution < 1.29 is 18.8 Å². The summed E-state index contributed by atoms with van der Waals surface area (Å²) in [6.07, 6.45) is 3.61. The fourth-order valence-corrected chi connectivity index (χ4v) is 6.72. The Morgan fingerprint density at radius 1 is 1.12 bits per heavy atom. The van der Waals surface area contributed by atoms with Gasteiger partial charge in [0.05, 0.1) is 18.2 Å². The first kappa shape index (κ1) is 20.5. The summed E-state index contributed by atoms with van der Waals surface area (Å²) >= 11 is 0. The molecule has 0 amide bonds. The van der Waals surface area contributed by atoms with E-state index in [4.69, 9.17) is 8.83 Å². The Balaban J connectivity index is 1.40. The van der Waals surface area contributed by atoms with Crippen molar-refractivity contribution >= 4 is 22.1 Å². The third-order valence-corrected chi connectivity index (χ3v) is 7.58. The number of para-hydroxylation sites is 2. The summed E-state index contributed by atoms with van der Waals surface area (Å²) in [5.74, 6) is 0.425. The van der Waals surface area contributed by atoms with Crippen molar-refractivity contribution in [2.75, 3.05) is 6.54 Å². The molecule has 6 nitrogen and oxygen atoms in total. The summed E-state index contributed by atoms with van der Waals surface area (Å²) < 4.78 is 11.6. The van der Waals surface area contributed by atoms with E-state index >= 15 is 0 Å². The Bertz CT molecular complexity index is 1420. The lowest BCUT2D eigenvalue weighted by Crippen LogP contribution is -3.12. The highest BCUT2D eigenvalue weighted by molar-refractivity contribution is 5.85. The van der Waals surface area contributed by atoms with E-state index in [1.807, 2.05) is 24.3 Å². The van der Waals surface area contributed by atoms with Crippen LogP contribution in [0.15, 0.2) is 56.1 Å². The number of quaternary nitrogens is 1. The zero-order valence-electron chi connectivity index (χ0n) is 19.3. The van der Waals surface area contributed by atoms with Gasteiger partial charge >= 0.3 is 5.63 Å². The van der Waals surface area contributed by atoms with E-state index in [-0.39, 0.29) is 17.2 Å². The monoisotopic (exact) mass is 445 g/mol. The topological polar surface area (TPSA) is 80.9 Å². The Morgan fingerprint density at radius 3 is 2.76 bits per heavy atom. The van der Waals surface area contributed by atoms with Crippen molar-refractivity contribution in [3.8, 4) is 17.2 Å². The van der Waals surface area contributed by atoms with E-state index in [9.17, 15) is 9.90 Å². The summed E-state index contributed by atoms with van der Waals surface area (Å²) in [5, 5.41) is 11.5. The molecule has 1 unspecified atom stereocenters. The number of phenols is 1. The second-order valence-corrected chi connectivity index (χ2v) is 11.2. The lowest BCUT2D eigenvalue weighted by Gasteiger charge is -2.37. The molecule has 3 heterocycles. The molecular weight excluding hydrogens is 416 g/mol. The second-order valence-electron chi connectivity index (χ2n) is 11.2. The van der Waals surface area contributed by atoms with Gasteiger partial charge in [-0.3, -0.25) is 0 Å². The Kier molecular flexibility index (Phi) is 4.31. The Morgan fingerprint density at radius 2 is 1.94 bits per heavy atom. The van der Waals surface area contributed by atoms with Gasteiger partial charge in [0.2, 0.25) is 5.89 Å². The zero-order valence-corrected chi connectivity index (χ0v) is 19.3. The molecule has 2 N–H and O–H groups in total. The molecule has 2 aromatic heterocycles. The minimum Gasteiger partial charge on any atom is -0.507 e. The van der Waals surface area contributed by atoms with E-state index in [1.54, 1.807) is 18.2 Å². The van der Waals surface area contributed by atoms with Gasteiger partial charge < -0.3 is 18.8 Å². The van der Waals surface area contributed by atoms with Gasteiger partial charge in [0.15, 0.2) is 11.2 Å². The molecule has 6 heteroatoms. The minimum absolute atomic E-state index is 0.179. The average Bonchev–Trinajstić information content (AvgIpc) is 3.27. The van der Waals surface area contributed by atoms with Gasteiger partial charge in [-0.2, -0.15) is 0 Å². The summed E-state index contributed by atoms with van der Waals surface area (Å²) in [5.41, 5.74) is 2.91. The number of nitrogens with zero attached hydrogens (tertiary/aromatic N) is 1. The molecule has 33 heavy (non-hydrogen) atoms. The van der Waals surface area contributed by atoms with E-state index < -0.39 is 5.63 Å². The molecule has 170 valence electrons. The van der Waals surface area contributed by atoms with Crippen LogP contribution in [0.5, 0.6) is 5.75 Å². The number of hydrogen-bond acceptors (Lipinski definition) is 5. The van der Waals surface area contributed by atoms with E-state index in [0.29, 0.717) is 45.7 Å². The van der Waals surface area contributed by atoms with Gasteiger partial charge in [-0.1, -0.05) is 32.9 Å². The number of fused-ring (bicyclic) bond motifs is 4. The van der Waals surface area contributed by atoms with E-state index in [0.717, 1.165) is 11.9 Å². The molecule has 0 radical (unpaired) electrons. The number of rotatable bonds is 3. The maximum Gasteiger partial charge on any atom is 0.349 e. The Hall–Kier alpha value is -3.12. The van der Waals surface area contributed by atoms with Gasteiger partial charge in [0.1, 0.15) is 23.4 Å². The predicted molar refractivity (Wildman–Crippen MR) is 126 cm³/mol. The summed E-state index contributed by atoms with van der Waals surface area (Å²) in [6.45, 7) is 8.83. The van der Waals surface area contributed by atoms with Crippen LogP contribution in [0.4, 0.5) is 0 Å². The molecule has 2 bridgehead atoms. The summed E-state index contributed by atoms with van der Waals surface area (Å²) in [7, 11) is 0. The molecule has 2 aromatic carbocycles. The molecule has 0 spiro atoms. The number of nitrogens with one attached hydrogen (secondary N) is 1. The molecule has 1 saturated carbocycles. The highest BCUT2D eigenvalue weighted by atomic mass is 16.4. The lowest BCUT2D eigenvalue weighted by molar-refractivity contribution is -0.928. The molecule has 1 saturated heterocycles. The van der Waals surface area contributed by atoms with Gasteiger partial charge in [-0.05, 0) is 42.2 Å². The fourth-order valence-electron chi connectivity index (χ4n) is 6.72. The van der Waals surface area contributed by atoms with Crippen LogP contribution in [-0.4, -0.2) is 22.7 Å². The Labute approximate surface area is 191 Å². The van der Waals surface area contributed by atoms with Gasteiger partial charge in [0, 0.05) is 23.6 Å². The van der Waals surface area contributed by atoms with Crippen molar-refractivity contribution in [1.82, 2.24) is 4.98 Å². The van der Waals surface area contributed by atoms with Crippen LogP contribution >= 0.6 is 0 Å². The predicted octanol–water partition coefficient (Wildman–Crippen LogP) is 4.29. The highest BCUT2D eigenvalue weighted by Crippen LogP contribution is 2.47. The zero-order chi connectivity index (χ0) is 23.0. The highest BCUT2D eigenvalue weighted by Gasteiger charge is 2.52. The average molecular weight is 446 g/mol. The molecule has 3 atom stereocenters. The SMILES string of the molecule is CC1(C)C[C@H]2C[C@](C)(C[NH+]2Cc2c(O)ccc3cc(-c4nc5ccccc5o4)c(=O)oc23)C1. The third-order valence-electron chi connectivity index (χ3n) is 7.58. The molecular formula is C27H29N2O4+.